The molecule has 0 N–H and O–H groups in total. The lowest BCUT2D eigenvalue weighted by Gasteiger charge is -1.99. The molecule has 0 spiro atoms. The van der Waals surface area contributed by atoms with Crippen LogP contribution in [0, 0.1) is 0 Å². The molecule has 0 bridgehead atoms. The predicted octanol–water partition coefficient (Wildman–Crippen LogP) is 2.38. The maximum Gasteiger partial charge on any atom is 0.124 e. The van der Waals surface area contributed by atoms with E-state index >= 15 is 0 Å². The Hall–Kier alpha value is -1.42. The standard InChI is InChI=1S/C11H9BrN2O/c12-10-1-3-11(4-2-10)14-8-9(5-6-15)7-13-14/h1-4,6-8H,5H2. The van der Waals surface area contributed by atoms with Gasteiger partial charge in [0, 0.05) is 17.1 Å². The van der Waals surface area contributed by atoms with Crippen LogP contribution in [0.1, 0.15) is 5.56 Å². The van der Waals surface area contributed by atoms with Crippen LogP contribution in [0.15, 0.2) is 41.1 Å². The van der Waals surface area contributed by atoms with Crippen LogP contribution >= 0.6 is 15.9 Å². The molecule has 0 atom stereocenters. The summed E-state index contributed by atoms with van der Waals surface area (Å²) in [6.07, 6.45) is 4.85. The van der Waals surface area contributed by atoms with Gasteiger partial charge in [0.1, 0.15) is 6.29 Å². The minimum atomic E-state index is 0.413. The van der Waals surface area contributed by atoms with Gasteiger partial charge >= 0.3 is 0 Å². The van der Waals surface area contributed by atoms with Crippen molar-refractivity contribution in [2.24, 2.45) is 0 Å². The van der Waals surface area contributed by atoms with Crippen molar-refractivity contribution in [2.45, 2.75) is 6.42 Å². The highest BCUT2D eigenvalue weighted by Gasteiger charge is 1.99. The highest BCUT2D eigenvalue weighted by molar-refractivity contribution is 9.10. The lowest BCUT2D eigenvalue weighted by atomic mass is 10.3. The second kappa shape index (κ2) is 4.40. The zero-order chi connectivity index (χ0) is 10.7. The fraction of sp³-hybridized carbons (Fsp3) is 0.0909. The number of halogens is 1. The van der Waals surface area contributed by atoms with Crippen LogP contribution in [-0.4, -0.2) is 16.1 Å². The lowest BCUT2D eigenvalue weighted by molar-refractivity contribution is -0.107. The third-order valence-electron chi connectivity index (χ3n) is 2.05. The molecule has 3 nitrogen and oxygen atoms in total. The molecule has 0 aliphatic heterocycles. The highest BCUT2D eigenvalue weighted by Crippen LogP contribution is 2.13. The molecule has 76 valence electrons. The first-order valence-electron chi connectivity index (χ1n) is 4.53. The van der Waals surface area contributed by atoms with Gasteiger partial charge in [-0.05, 0) is 29.8 Å². The first-order chi connectivity index (χ1) is 7.29. The number of hydrogen-bond acceptors (Lipinski definition) is 2. The molecule has 0 unspecified atom stereocenters. The summed E-state index contributed by atoms with van der Waals surface area (Å²) in [5.74, 6) is 0. The smallest absolute Gasteiger partial charge is 0.124 e. The number of aldehydes is 1. The van der Waals surface area contributed by atoms with Crippen LogP contribution in [0.25, 0.3) is 5.69 Å². The molecule has 0 aliphatic carbocycles. The predicted molar refractivity (Wildman–Crippen MR) is 61.0 cm³/mol. The van der Waals surface area contributed by atoms with Crippen molar-refractivity contribution in [3.05, 3.63) is 46.7 Å². The van der Waals surface area contributed by atoms with Crippen molar-refractivity contribution in [3.63, 3.8) is 0 Å². The van der Waals surface area contributed by atoms with Crippen LogP contribution in [-0.2, 0) is 11.2 Å². The molecule has 1 aromatic carbocycles. The first-order valence-corrected chi connectivity index (χ1v) is 5.32. The summed E-state index contributed by atoms with van der Waals surface area (Å²) in [4.78, 5) is 10.3. The molecule has 0 saturated heterocycles. The number of carbonyl (C=O) groups excluding carboxylic acids is 1. The first kappa shape index (κ1) is 10.1. The van der Waals surface area contributed by atoms with E-state index in [0.717, 1.165) is 22.0 Å². The van der Waals surface area contributed by atoms with Gasteiger partial charge in [0.15, 0.2) is 0 Å². The molecule has 0 saturated carbocycles. The van der Waals surface area contributed by atoms with Crippen LogP contribution in [0.3, 0.4) is 0 Å². The zero-order valence-electron chi connectivity index (χ0n) is 7.93. The zero-order valence-corrected chi connectivity index (χ0v) is 9.52. The summed E-state index contributed by atoms with van der Waals surface area (Å²) in [5, 5.41) is 4.18. The SMILES string of the molecule is O=CCc1cnn(-c2ccc(Br)cc2)c1. The number of carbonyl (C=O) groups is 1. The Kier molecular flexibility index (Phi) is 2.97. The van der Waals surface area contributed by atoms with Gasteiger partial charge in [0.2, 0.25) is 0 Å². The Bertz CT molecular complexity index is 462. The van der Waals surface area contributed by atoms with E-state index in [2.05, 4.69) is 21.0 Å². The summed E-state index contributed by atoms with van der Waals surface area (Å²) in [6, 6.07) is 7.83. The average Bonchev–Trinajstić information content (AvgIpc) is 2.68. The Morgan fingerprint density at radius 1 is 1.33 bits per heavy atom. The van der Waals surface area contributed by atoms with E-state index in [9.17, 15) is 4.79 Å². The summed E-state index contributed by atoms with van der Waals surface area (Å²) < 4.78 is 2.79. The molecular formula is C11H9BrN2O. The quantitative estimate of drug-likeness (QED) is 0.798. The third-order valence-corrected chi connectivity index (χ3v) is 2.57. The van der Waals surface area contributed by atoms with Gasteiger partial charge in [-0.25, -0.2) is 4.68 Å². The average molecular weight is 265 g/mol. The maximum absolute atomic E-state index is 10.3. The normalized spacial score (nSPS) is 10.2. The Labute approximate surface area is 95.9 Å². The summed E-state index contributed by atoms with van der Waals surface area (Å²) >= 11 is 3.37. The van der Waals surface area contributed by atoms with Crippen molar-refractivity contribution < 1.29 is 4.79 Å². The van der Waals surface area contributed by atoms with Gasteiger partial charge in [-0.15, -0.1) is 0 Å². The monoisotopic (exact) mass is 264 g/mol. The van der Waals surface area contributed by atoms with Gasteiger partial charge in [0.25, 0.3) is 0 Å². The van der Waals surface area contributed by atoms with Gasteiger partial charge in [-0.1, -0.05) is 15.9 Å². The van der Waals surface area contributed by atoms with E-state index in [0.29, 0.717) is 6.42 Å². The van der Waals surface area contributed by atoms with E-state index in [1.165, 1.54) is 0 Å². The molecule has 0 amide bonds. The number of aromatic nitrogens is 2. The number of rotatable bonds is 3. The van der Waals surface area contributed by atoms with E-state index < -0.39 is 0 Å². The van der Waals surface area contributed by atoms with E-state index in [4.69, 9.17) is 0 Å². The van der Waals surface area contributed by atoms with Crippen LogP contribution < -0.4 is 0 Å². The van der Waals surface area contributed by atoms with E-state index in [1.807, 2.05) is 30.5 Å². The topological polar surface area (TPSA) is 34.9 Å². The molecule has 1 heterocycles. The summed E-state index contributed by atoms with van der Waals surface area (Å²) in [7, 11) is 0. The minimum absolute atomic E-state index is 0.413. The summed E-state index contributed by atoms with van der Waals surface area (Å²) in [6.45, 7) is 0. The Morgan fingerprint density at radius 3 is 2.73 bits per heavy atom. The van der Waals surface area contributed by atoms with Gasteiger partial charge < -0.3 is 4.79 Å². The molecule has 15 heavy (non-hydrogen) atoms. The van der Waals surface area contributed by atoms with Crippen molar-refractivity contribution in [1.29, 1.82) is 0 Å². The molecule has 0 fully saturated rings. The number of benzene rings is 1. The minimum Gasteiger partial charge on any atom is -0.303 e. The van der Waals surface area contributed by atoms with Gasteiger partial charge in [-0.3, -0.25) is 0 Å². The Morgan fingerprint density at radius 2 is 2.07 bits per heavy atom. The highest BCUT2D eigenvalue weighted by atomic mass is 79.9. The van der Waals surface area contributed by atoms with Gasteiger partial charge in [0.05, 0.1) is 11.9 Å². The van der Waals surface area contributed by atoms with Gasteiger partial charge in [-0.2, -0.15) is 5.10 Å². The lowest BCUT2D eigenvalue weighted by Crippen LogP contribution is -1.93. The fourth-order valence-corrected chi connectivity index (χ4v) is 1.56. The van der Waals surface area contributed by atoms with Crippen molar-refractivity contribution >= 4 is 22.2 Å². The second-order valence-electron chi connectivity index (χ2n) is 3.14. The van der Waals surface area contributed by atoms with E-state index in [-0.39, 0.29) is 0 Å². The molecular weight excluding hydrogens is 256 g/mol. The molecule has 0 radical (unpaired) electrons. The van der Waals surface area contributed by atoms with Crippen LogP contribution in [0.5, 0.6) is 0 Å². The Balaban J connectivity index is 2.28. The molecule has 2 rings (SSSR count). The van der Waals surface area contributed by atoms with Crippen molar-refractivity contribution in [3.8, 4) is 5.69 Å². The van der Waals surface area contributed by atoms with Crippen molar-refractivity contribution in [1.82, 2.24) is 9.78 Å². The second-order valence-corrected chi connectivity index (χ2v) is 4.06. The largest absolute Gasteiger partial charge is 0.303 e. The molecule has 1 aromatic heterocycles. The number of hydrogen-bond donors (Lipinski definition) is 0. The summed E-state index contributed by atoms with van der Waals surface area (Å²) in [5.41, 5.74) is 1.91. The number of nitrogens with zero attached hydrogens (tertiary/aromatic N) is 2. The van der Waals surface area contributed by atoms with Crippen LogP contribution in [0.4, 0.5) is 0 Å². The third kappa shape index (κ3) is 2.33. The molecule has 2 aromatic rings. The fourth-order valence-electron chi connectivity index (χ4n) is 1.30. The maximum atomic E-state index is 10.3. The molecule has 0 aliphatic rings. The van der Waals surface area contributed by atoms with Crippen molar-refractivity contribution in [2.75, 3.05) is 0 Å². The molecule has 4 heteroatoms. The van der Waals surface area contributed by atoms with Crippen LogP contribution in [0.2, 0.25) is 0 Å². The van der Waals surface area contributed by atoms with E-state index in [1.54, 1.807) is 10.9 Å².